The Morgan fingerprint density at radius 2 is 2.18 bits per heavy atom. The molecule has 11 heavy (non-hydrogen) atoms. The molecule has 0 saturated heterocycles. The number of hydrogen-bond donors (Lipinski definition) is 0. The summed E-state index contributed by atoms with van der Waals surface area (Å²) in [5, 5.41) is 0. The molecule has 1 unspecified atom stereocenters. The summed E-state index contributed by atoms with van der Waals surface area (Å²) in [6.45, 7) is 9.86. The molecule has 0 amide bonds. The molecular formula is C10H14O. The largest absolute Gasteiger partial charge is 0.294 e. The zero-order chi connectivity index (χ0) is 8.65. The summed E-state index contributed by atoms with van der Waals surface area (Å²) in [6, 6.07) is 0. The van der Waals surface area contributed by atoms with Crippen molar-refractivity contribution in [3.05, 3.63) is 24.3 Å². The van der Waals surface area contributed by atoms with Crippen molar-refractivity contribution in [1.82, 2.24) is 0 Å². The van der Waals surface area contributed by atoms with Crippen LogP contribution in [0.3, 0.4) is 0 Å². The standard InChI is InChI=1S/C10H14O/c1-7(2)9-8(11)5-6-10(9,3)4/h5-6,9H,1H2,2-4H3. The molecule has 60 valence electrons. The van der Waals surface area contributed by atoms with E-state index in [2.05, 4.69) is 20.4 Å². The van der Waals surface area contributed by atoms with Crippen LogP contribution >= 0.6 is 0 Å². The van der Waals surface area contributed by atoms with Gasteiger partial charge in [-0.2, -0.15) is 0 Å². The van der Waals surface area contributed by atoms with Crippen LogP contribution in [0.25, 0.3) is 0 Å². The fourth-order valence-electron chi connectivity index (χ4n) is 1.73. The van der Waals surface area contributed by atoms with E-state index in [0.29, 0.717) is 0 Å². The highest BCUT2D eigenvalue weighted by Crippen LogP contribution is 2.38. The van der Waals surface area contributed by atoms with Gasteiger partial charge in [-0.25, -0.2) is 0 Å². The smallest absolute Gasteiger partial charge is 0.163 e. The summed E-state index contributed by atoms with van der Waals surface area (Å²) in [6.07, 6.45) is 3.63. The summed E-state index contributed by atoms with van der Waals surface area (Å²) in [5.74, 6) is 0.199. The molecule has 0 bridgehead atoms. The van der Waals surface area contributed by atoms with Gasteiger partial charge in [-0.3, -0.25) is 4.79 Å². The maximum absolute atomic E-state index is 11.3. The highest BCUT2D eigenvalue weighted by molar-refractivity contribution is 5.97. The highest BCUT2D eigenvalue weighted by Gasteiger charge is 2.36. The molecule has 0 saturated carbocycles. The molecule has 0 N–H and O–H groups in total. The van der Waals surface area contributed by atoms with Gasteiger partial charge >= 0.3 is 0 Å². The normalized spacial score (nSPS) is 27.5. The summed E-state index contributed by atoms with van der Waals surface area (Å²) in [5.41, 5.74) is 0.938. The van der Waals surface area contributed by atoms with Gasteiger partial charge in [0, 0.05) is 0 Å². The second kappa shape index (κ2) is 2.33. The Kier molecular flexibility index (Phi) is 1.75. The minimum absolute atomic E-state index is 0.00231. The fourth-order valence-corrected chi connectivity index (χ4v) is 1.73. The molecule has 0 fully saturated rings. The van der Waals surface area contributed by atoms with E-state index in [0.717, 1.165) is 5.57 Å². The van der Waals surface area contributed by atoms with E-state index >= 15 is 0 Å². The second-order valence-electron chi connectivity index (χ2n) is 3.84. The van der Waals surface area contributed by atoms with Crippen LogP contribution in [0.1, 0.15) is 20.8 Å². The lowest BCUT2D eigenvalue weighted by Crippen LogP contribution is -2.23. The molecule has 1 nitrogen and oxygen atoms in total. The van der Waals surface area contributed by atoms with Crippen molar-refractivity contribution in [2.75, 3.05) is 0 Å². The third kappa shape index (κ3) is 1.28. The molecule has 0 heterocycles. The first kappa shape index (κ1) is 8.25. The van der Waals surface area contributed by atoms with Crippen LogP contribution in [0.4, 0.5) is 0 Å². The first-order valence-corrected chi connectivity index (χ1v) is 3.83. The van der Waals surface area contributed by atoms with E-state index in [4.69, 9.17) is 0 Å². The van der Waals surface area contributed by atoms with Crippen molar-refractivity contribution in [3.8, 4) is 0 Å². The molecule has 0 radical (unpaired) electrons. The van der Waals surface area contributed by atoms with Crippen LogP contribution in [-0.2, 0) is 4.79 Å². The Balaban J connectivity index is 2.96. The van der Waals surface area contributed by atoms with Gasteiger partial charge in [0.05, 0.1) is 5.92 Å². The minimum Gasteiger partial charge on any atom is -0.294 e. The van der Waals surface area contributed by atoms with E-state index in [1.807, 2.05) is 13.0 Å². The maximum Gasteiger partial charge on any atom is 0.163 e. The molecule has 1 aliphatic carbocycles. The van der Waals surface area contributed by atoms with Crippen LogP contribution in [0.15, 0.2) is 24.3 Å². The van der Waals surface area contributed by atoms with Crippen LogP contribution in [0, 0.1) is 11.3 Å². The third-order valence-electron chi connectivity index (χ3n) is 2.20. The Morgan fingerprint density at radius 1 is 1.64 bits per heavy atom. The van der Waals surface area contributed by atoms with Gasteiger partial charge in [-0.05, 0) is 18.4 Å². The van der Waals surface area contributed by atoms with Crippen molar-refractivity contribution < 1.29 is 4.79 Å². The van der Waals surface area contributed by atoms with Crippen molar-refractivity contribution in [2.24, 2.45) is 11.3 Å². The van der Waals surface area contributed by atoms with E-state index in [-0.39, 0.29) is 17.1 Å². The van der Waals surface area contributed by atoms with Gasteiger partial charge < -0.3 is 0 Å². The van der Waals surface area contributed by atoms with E-state index in [1.165, 1.54) is 0 Å². The summed E-state index contributed by atoms with van der Waals surface area (Å²) >= 11 is 0. The van der Waals surface area contributed by atoms with Crippen molar-refractivity contribution in [2.45, 2.75) is 20.8 Å². The zero-order valence-corrected chi connectivity index (χ0v) is 7.35. The van der Waals surface area contributed by atoms with Crippen LogP contribution < -0.4 is 0 Å². The van der Waals surface area contributed by atoms with Gasteiger partial charge in [0.2, 0.25) is 0 Å². The molecule has 0 aliphatic heterocycles. The lowest BCUT2D eigenvalue weighted by Gasteiger charge is -2.24. The first-order chi connectivity index (χ1) is 4.95. The molecule has 1 aliphatic rings. The predicted molar refractivity (Wildman–Crippen MR) is 46.2 cm³/mol. The molecule has 0 aromatic rings. The average molecular weight is 150 g/mol. The molecule has 0 aromatic carbocycles. The van der Waals surface area contributed by atoms with Crippen LogP contribution in [0.2, 0.25) is 0 Å². The van der Waals surface area contributed by atoms with Crippen LogP contribution in [-0.4, -0.2) is 5.78 Å². The Hall–Kier alpha value is -0.850. The van der Waals surface area contributed by atoms with E-state index < -0.39 is 0 Å². The molecular weight excluding hydrogens is 136 g/mol. The number of carbonyl (C=O) groups excluding carboxylic acids is 1. The van der Waals surface area contributed by atoms with E-state index in [1.54, 1.807) is 6.08 Å². The molecule has 1 atom stereocenters. The summed E-state index contributed by atoms with van der Waals surface area (Å²) < 4.78 is 0. The molecule has 0 spiro atoms. The van der Waals surface area contributed by atoms with Gasteiger partial charge in [-0.1, -0.05) is 32.1 Å². The van der Waals surface area contributed by atoms with E-state index in [9.17, 15) is 4.79 Å². The first-order valence-electron chi connectivity index (χ1n) is 3.83. The molecule has 0 aromatic heterocycles. The fraction of sp³-hybridized carbons (Fsp3) is 0.500. The second-order valence-corrected chi connectivity index (χ2v) is 3.84. The number of ketones is 1. The number of rotatable bonds is 1. The number of carbonyl (C=O) groups is 1. The number of hydrogen-bond acceptors (Lipinski definition) is 1. The Labute approximate surface area is 67.8 Å². The quantitative estimate of drug-likeness (QED) is 0.524. The Morgan fingerprint density at radius 3 is 2.36 bits per heavy atom. The summed E-state index contributed by atoms with van der Waals surface area (Å²) in [4.78, 5) is 11.3. The van der Waals surface area contributed by atoms with Crippen molar-refractivity contribution in [3.63, 3.8) is 0 Å². The monoisotopic (exact) mass is 150 g/mol. The van der Waals surface area contributed by atoms with Crippen molar-refractivity contribution >= 4 is 5.78 Å². The topological polar surface area (TPSA) is 17.1 Å². The predicted octanol–water partition coefficient (Wildman–Crippen LogP) is 2.34. The lowest BCUT2D eigenvalue weighted by molar-refractivity contribution is -0.118. The molecule has 1 rings (SSSR count). The highest BCUT2D eigenvalue weighted by atomic mass is 16.1. The SMILES string of the molecule is C=C(C)C1C(=O)C=CC1(C)C. The lowest BCUT2D eigenvalue weighted by atomic mass is 9.78. The van der Waals surface area contributed by atoms with Gasteiger partial charge in [0.1, 0.15) is 0 Å². The van der Waals surface area contributed by atoms with Crippen molar-refractivity contribution in [1.29, 1.82) is 0 Å². The zero-order valence-electron chi connectivity index (χ0n) is 7.35. The summed E-state index contributed by atoms with van der Waals surface area (Å²) in [7, 11) is 0. The molecule has 1 heteroatoms. The van der Waals surface area contributed by atoms with Gasteiger partial charge in [0.15, 0.2) is 5.78 Å². The number of allylic oxidation sites excluding steroid dienone is 3. The minimum atomic E-state index is -0.0249. The Bertz CT molecular complexity index is 233. The average Bonchev–Trinajstić information content (AvgIpc) is 2.06. The van der Waals surface area contributed by atoms with Gasteiger partial charge in [0.25, 0.3) is 0 Å². The third-order valence-corrected chi connectivity index (χ3v) is 2.20. The maximum atomic E-state index is 11.3. The van der Waals surface area contributed by atoms with Crippen LogP contribution in [0.5, 0.6) is 0 Å². The van der Waals surface area contributed by atoms with Gasteiger partial charge in [-0.15, -0.1) is 0 Å².